The molecule has 0 N–H and O–H groups in total. The summed E-state index contributed by atoms with van der Waals surface area (Å²) in [6.07, 6.45) is 11.7. The van der Waals surface area contributed by atoms with Gasteiger partial charge in [-0.15, -0.1) is 0 Å². The Morgan fingerprint density at radius 3 is 2.75 bits per heavy atom. The van der Waals surface area contributed by atoms with E-state index in [-0.39, 0.29) is 0 Å². The average molecular weight is 208 g/mol. The summed E-state index contributed by atoms with van der Waals surface area (Å²) >= 11 is 0. The van der Waals surface area contributed by atoms with Crippen molar-refractivity contribution in [3.63, 3.8) is 0 Å². The lowest BCUT2D eigenvalue weighted by Gasteiger charge is -2.12. The number of hydrogen-bond donors (Lipinski definition) is 0. The minimum Gasteiger partial charge on any atom is -0.158 e. The van der Waals surface area contributed by atoms with Crippen LogP contribution in [0.2, 0.25) is 0 Å². The normalized spacial score (nSPS) is 15.8. The van der Waals surface area contributed by atoms with Crippen molar-refractivity contribution in [3.05, 3.63) is 60.3 Å². The fourth-order valence-corrected chi connectivity index (χ4v) is 2.09. The van der Waals surface area contributed by atoms with Crippen LogP contribution in [0, 0.1) is 0 Å². The van der Waals surface area contributed by atoms with Crippen LogP contribution in [0.4, 0.5) is 0 Å². The van der Waals surface area contributed by atoms with Crippen LogP contribution in [0.3, 0.4) is 0 Å². The van der Waals surface area contributed by atoms with E-state index in [1.165, 1.54) is 10.9 Å². The number of fused-ring (bicyclic) bond motifs is 1. The molecule has 2 heteroatoms. The number of hydrogen-bond acceptors (Lipinski definition) is 2. The number of rotatable bonds is 1. The van der Waals surface area contributed by atoms with Crippen molar-refractivity contribution in [1.29, 1.82) is 0 Å². The van der Waals surface area contributed by atoms with Gasteiger partial charge in [-0.3, -0.25) is 0 Å². The van der Waals surface area contributed by atoms with Crippen LogP contribution in [0.25, 0.3) is 10.9 Å². The van der Waals surface area contributed by atoms with Crippen LogP contribution in [-0.4, -0.2) is 10.2 Å². The largest absolute Gasteiger partial charge is 0.158 e. The third-order valence-electron chi connectivity index (χ3n) is 2.90. The zero-order valence-electron chi connectivity index (χ0n) is 8.88. The molecule has 1 aliphatic rings. The molecular weight excluding hydrogens is 196 g/mol. The molecular formula is C14H12N2. The Morgan fingerprint density at radius 2 is 1.88 bits per heavy atom. The summed E-state index contributed by atoms with van der Waals surface area (Å²) in [6, 6.07) is 8.15. The fraction of sp³-hybridized carbons (Fsp3) is 0.143. The van der Waals surface area contributed by atoms with Crippen molar-refractivity contribution in [2.45, 2.75) is 12.3 Å². The molecule has 0 saturated heterocycles. The molecule has 1 heterocycles. The third-order valence-corrected chi connectivity index (χ3v) is 2.90. The zero-order chi connectivity index (χ0) is 10.8. The van der Waals surface area contributed by atoms with Gasteiger partial charge in [0.05, 0.1) is 11.7 Å². The quantitative estimate of drug-likeness (QED) is 0.672. The molecule has 78 valence electrons. The SMILES string of the molecule is C1=CC(c2cnnc3ccccc23)C=CC1. The maximum atomic E-state index is 4.14. The van der Waals surface area contributed by atoms with E-state index in [0.29, 0.717) is 5.92 Å². The van der Waals surface area contributed by atoms with Gasteiger partial charge in [0, 0.05) is 11.3 Å². The van der Waals surface area contributed by atoms with E-state index >= 15 is 0 Å². The standard InChI is InChI=1S/C14H12N2/c1-2-6-11(7-3-1)13-10-15-16-14-9-5-4-8-12(13)14/h2-11H,1H2. The van der Waals surface area contributed by atoms with Gasteiger partial charge in [0.25, 0.3) is 0 Å². The van der Waals surface area contributed by atoms with Crippen molar-refractivity contribution in [3.8, 4) is 0 Å². The Bertz CT molecular complexity index is 552. The minimum atomic E-state index is 0.342. The molecule has 0 fully saturated rings. The second kappa shape index (κ2) is 3.89. The van der Waals surface area contributed by atoms with Crippen LogP contribution in [0.1, 0.15) is 17.9 Å². The Hall–Kier alpha value is -1.96. The minimum absolute atomic E-state index is 0.342. The first-order valence-corrected chi connectivity index (χ1v) is 5.49. The van der Waals surface area contributed by atoms with Crippen molar-refractivity contribution < 1.29 is 0 Å². The molecule has 0 unspecified atom stereocenters. The van der Waals surface area contributed by atoms with Crippen LogP contribution in [0.15, 0.2) is 54.8 Å². The molecule has 2 aromatic rings. The van der Waals surface area contributed by atoms with Crippen LogP contribution in [-0.2, 0) is 0 Å². The molecule has 0 bridgehead atoms. The second-order valence-corrected chi connectivity index (χ2v) is 3.93. The van der Waals surface area contributed by atoms with E-state index in [4.69, 9.17) is 0 Å². The van der Waals surface area contributed by atoms with Gasteiger partial charge >= 0.3 is 0 Å². The highest BCUT2D eigenvalue weighted by Crippen LogP contribution is 2.27. The predicted molar refractivity (Wildman–Crippen MR) is 65.2 cm³/mol. The first kappa shape index (κ1) is 9.28. The van der Waals surface area contributed by atoms with E-state index in [2.05, 4.69) is 40.6 Å². The van der Waals surface area contributed by atoms with Gasteiger partial charge in [0.15, 0.2) is 0 Å². The Morgan fingerprint density at radius 1 is 1.06 bits per heavy atom. The molecule has 1 aromatic heterocycles. The summed E-state index contributed by atoms with van der Waals surface area (Å²) in [5.74, 6) is 0.342. The summed E-state index contributed by atoms with van der Waals surface area (Å²) in [4.78, 5) is 0. The lowest BCUT2D eigenvalue weighted by atomic mass is 9.93. The van der Waals surface area contributed by atoms with Crippen molar-refractivity contribution >= 4 is 10.9 Å². The van der Waals surface area contributed by atoms with Gasteiger partial charge in [-0.05, 0) is 18.1 Å². The Kier molecular flexibility index (Phi) is 2.26. The number of aromatic nitrogens is 2. The van der Waals surface area contributed by atoms with E-state index in [0.717, 1.165) is 11.9 Å². The van der Waals surface area contributed by atoms with E-state index in [1.807, 2.05) is 24.4 Å². The highest BCUT2D eigenvalue weighted by Gasteiger charge is 2.10. The van der Waals surface area contributed by atoms with Crippen molar-refractivity contribution in [1.82, 2.24) is 10.2 Å². The third kappa shape index (κ3) is 1.52. The monoisotopic (exact) mass is 208 g/mol. The zero-order valence-corrected chi connectivity index (χ0v) is 8.88. The Labute approximate surface area is 94.3 Å². The van der Waals surface area contributed by atoms with Crippen LogP contribution >= 0.6 is 0 Å². The molecule has 0 aliphatic heterocycles. The molecule has 0 atom stereocenters. The van der Waals surface area contributed by atoms with Crippen molar-refractivity contribution in [2.24, 2.45) is 0 Å². The van der Waals surface area contributed by atoms with Gasteiger partial charge in [-0.1, -0.05) is 42.5 Å². The molecule has 0 amide bonds. The van der Waals surface area contributed by atoms with E-state index < -0.39 is 0 Å². The van der Waals surface area contributed by atoms with Crippen LogP contribution < -0.4 is 0 Å². The molecule has 0 saturated carbocycles. The summed E-state index contributed by atoms with van der Waals surface area (Å²) < 4.78 is 0. The summed E-state index contributed by atoms with van der Waals surface area (Å²) in [5.41, 5.74) is 2.20. The second-order valence-electron chi connectivity index (χ2n) is 3.93. The number of nitrogens with zero attached hydrogens (tertiary/aromatic N) is 2. The molecule has 2 nitrogen and oxygen atoms in total. The van der Waals surface area contributed by atoms with E-state index in [9.17, 15) is 0 Å². The lowest BCUT2D eigenvalue weighted by Crippen LogP contribution is -1.98. The van der Waals surface area contributed by atoms with Gasteiger partial charge in [-0.2, -0.15) is 10.2 Å². The highest BCUT2D eigenvalue weighted by molar-refractivity contribution is 5.82. The molecule has 0 radical (unpaired) electrons. The Balaban J connectivity index is 2.19. The van der Waals surface area contributed by atoms with Gasteiger partial charge < -0.3 is 0 Å². The van der Waals surface area contributed by atoms with Gasteiger partial charge in [0.1, 0.15) is 0 Å². The topological polar surface area (TPSA) is 25.8 Å². The lowest BCUT2D eigenvalue weighted by molar-refractivity contribution is 0.988. The average Bonchev–Trinajstić information content (AvgIpc) is 2.39. The molecule has 1 aromatic carbocycles. The summed E-state index contributed by atoms with van der Waals surface area (Å²) in [7, 11) is 0. The summed E-state index contributed by atoms with van der Waals surface area (Å²) in [6.45, 7) is 0. The molecule has 16 heavy (non-hydrogen) atoms. The predicted octanol–water partition coefficient (Wildman–Crippen LogP) is 3.23. The van der Waals surface area contributed by atoms with Gasteiger partial charge in [0.2, 0.25) is 0 Å². The molecule has 0 spiro atoms. The highest BCUT2D eigenvalue weighted by atomic mass is 15.1. The maximum Gasteiger partial charge on any atom is 0.0932 e. The smallest absolute Gasteiger partial charge is 0.0932 e. The maximum absolute atomic E-state index is 4.14. The first-order chi connectivity index (χ1) is 7.95. The van der Waals surface area contributed by atoms with Crippen molar-refractivity contribution in [2.75, 3.05) is 0 Å². The summed E-state index contributed by atoms with van der Waals surface area (Å²) in [5, 5.41) is 9.40. The fourth-order valence-electron chi connectivity index (χ4n) is 2.09. The van der Waals surface area contributed by atoms with E-state index in [1.54, 1.807) is 0 Å². The first-order valence-electron chi connectivity index (χ1n) is 5.49. The molecule has 3 rings (SSSR count). The number of benzene rings is 1. The number of allylic oxidation sites excluding steroid dienone is 4. The van der Waals surface area contributed by atoms with Gasteiger partial charge in [-0.25, -0.2) is 0 Å². The molecule has 1 aliphatic carbocycles. The van der Waals surface area contributed by atoms with Crippen LogP contribution in [0.5, 0.6) is 0 Å².